The Bertz CT molecular complexity index is 486. The van der Waals surface area contributed by atoms with Crippen LogP contribution in [0.4, 0.5) is 10.3 Å². The van der Waals surface area contributed by atoms with Crippen LogP contribution in [-0.2, 0) is 4.79 Å². The summed E-state index contributed by atoms with van der Waals surface area (Å²) in [5.74, 6) is -0.549. The van der Waals surface area contributed by atoms with Gasteiger partial charge in [-0.2, -0.15) is 5.21 Å². The number of carbonyl (C=O) groups excluding carboxylic acids is 1. The second-order valence-corrected chi connectivity index (χ2v) is 4.92. The first-order valence-electron chi connectivity index (χ1n) is 6.53. The second kappa shape index (κ2) is 7.07. The van der Waals surface area contributed by atoms with Gasteiger partial charge in [-0.25, -0.2) is 4.39 Å². The SMILES string of the molecule is CCCC(N=C(N)CF)C(C)(N)C(=O)N(C)c1nn[nH]n1. The largest absolute Gasteiger partial charge is 0.385 e. The monoisotopic (exact) mass is 300 g/mol. The minimum Gasteiger partial charge on any atom is -0.385 e. The van der Waals surface area contributed by atoms with Crippen molar-refractivity contribution in [1.82, 2.24) is 20.6 Å². The molecule has 5 N–H and O–H groups in total. The molecule has 0 radical (unpaired) electrons. The van der Waals surface area contributed by atoms with Crippen molar-refractivity contribution in [2.24, 2.45) is 16.5 Å². The molecule has 0 aromatic carbocycles. The summed E-state index contributed by atoms with van der Waals surface area (Å²) in [5, 5.41) is 13.1. The van der Waals surface area contributed by atoms with Crippen molar-refractivity contribution in [1.29, 1.82) is 0 Å². The highest BCUT2D eigenvalue weighted by Crippen LogP contribution is 2.20. The van der Waals surface area contributed by atoms with Gasteiger partial charge >= 0.3 is 0 Å². The number of nitrogens with two attached hydrogens (primary N) is 2. The molecule has 0 fully saturated rings. The van der Waals surface area contributed by atoms with Crippen LogP contribution in [0.15, 0.2) is 4.99 Å². The summed E-state index contributed by atoms with van der Waals surface area (Å²) >= 11 is 0. The minimum atomic E-state index is -1.37. The lowest BCUT2D eigenvalue weighted by Crippen LogP contribution is -2.59. The number of alkyl halides is 1. The Hall–Kier alpha value is -2.10. The molecule has 0 bridgehead atoms. The van der Waals surface area contributed by atoms with E-state index in [0.29, 0.717) is 6.42 Å². The van der Waals surface area contributed by atoms with Gasteiger partial charge in [0.15, 0.2) is 0 Å². The molecule has 0 saturated heterocycles. The molecule has 2 atom stereocenters. The molecule has 1 aromatic heterocycles. The fraction of sp³-hybridized carbons (Fsp3) is 0.727. The summed E-state index contributed by atoms with van der Waals surface area (Å²) < 4.78 is 12.5. The van der Waals surface area contributed by atoms with Crippen LogP contribution in [0.25, 0.3) is 0 Å². The highest BCUT2D eigenvalue weighted by atomic mass is 19.1. The number of nitrogens with one attached hydrogen (secondary N) is 1. The fourth-order valence-electron chi connectivity index (χ4n) is 1.90. The van der Waals surface area contributed by atoms with Crippen molar-refractivity contribution in [3.05, 3.63) is 0 Å². The molecule has 0 spiro atoms. The number of aromatic amines is 1. The number of aromatic nitrogens is 4. The summed E-state index contributed by atoms with van der Waals surface area (Å²) in [6.07, 6.45) is 1.22. The molecule has 1 heterocycles. The smallest absolute Gasteiger partial charge is 0.272 e. The Morgan fingerprint density at radius 3 is 2.76 bits per heavy atom. The first-order valence-corrected chi connectivity index (χ1v) is 6.53. The molecule has 118 valence electrons. The van der Waals surface area contributed by atoms with Gasteiger partial charge in [-0.15, -0.1) is 5.10 Å². The van der Waals surface area contributed by atoms with Gasteiger partial charge in [-0.3, -0.25) is 14.7 Å². The van der Waals surface area contributed by atoms with Gasteiger partial charge in [0.2, 0.25) is 0 Å². The molecule has 0 saturated carbocycles. The van der Waals surface area contributed by atoms with E-state index in [9.17, 15) is 9.18 Å². The van der Waals surface area contributed by atoms with Crippen LogP contribution in [0.2, 0.25) is 0 Å². The van der Waals surface area contributed by atoms with E-state index < -0.39 is 24.2 Å². The predicted octanol–water partition coefficient (Wildman–Crippen LogP) is -0.625. The Balaban J connectivity index is 3.01. The van der Waals surface area contributed by atoms with Crippen LogP contribution in [0.3, 0.4) is 0 Å². The molecule has 21 heavy (non-hydrogen) atoms. The van der Waals surface area contributed by atoms with Crippen LogP contribution in [0.5, 0.6) is 0 Å². The van der Waals surface area contributed by atoms with E-state index in [1.54, 1.807) is 0 Å². The number of carbonyl (C=O) groups is 1. The van der Waals surface area contributed by atoms with E-state index in [2.05, 4.69) is 25.6 Å². The summed E-state index contributed by atoms with van der Waals surface area (Å²) in [6.45, 7) is 2.56. The van der Waals surface area contributed by atoms with Crippen molar-refractivity contribution in [3.8, 4) is 0 Å². The molecule has 10 heteroatoms. The third kappa shape index (κ3) is 3.94. The van der Waals surface area contributed by atoms with E-state index in [4.69, 9.17) is 11.5 Å². The second-order valence-electron chi connectivity index (χ2n) is 4.92. The number of tetrazole rings is 1. The lowest BCUT2D eigenvalue weighted by Gasteiger charge is -2.32. The van der Waals surface area contributed by atoms with Gasteiger partial charge in [0.05, 0.1) is 6.04 Å². The number of hydrogen-bond donors (Lipinski definition) is 3. The zero-order chi connectivity index (χ0) is 16.0. The number of amides is 1. The van der Waals surface area contributed by atoms with Gasteiger partial charge < -0.3 is 11.5 Å². The van der Waals surface area contributed by atoms with Crippen molar-refractivity contribution in [2.45, 2.75) is 38.3 Å². The van der Waals surface area contributed by atoms with Crippen molar-refractivity contribution < 1.29 is 9.18 Å². The first kappa shape index (κ1) is 17.0. The number of amidine groups is 1. The van der Waals surface area contributed by atoms with Gasteiger partial charge in [-0.05, 0) is 18.6 Å². The zero-order valence-corrected chi connectivity index (χ0v) is 12.4. The van der Waals surface area contributed by atoms with Gasteiger partial charge in [0, 0.05) is 7.05 Å². The fourth-order valence-corrected chi connectivity index (χ4v) is 1.90. The zero-order valence-electron chi connectivity index (χ0n) is 12.4. The Kier molecular flexibility index (Phi) is 5.70. The molecule has 0 aliphatic heterocycles. The van der Waals surface area contributed by atoms with Crippen LogP contribution in [0.1, 0.15) is 26.7 Å². The van der Waals surface area contributed by atoms with Crippen LogP contribution >= 0.6 is 0 Å². The van der Waals surface area contributed by atoms with Gasteiger partial charge in [0.1, 0.15) is 18.0 Å². The average Bonchev–Trinajstić information content (AvgIpc) is 2.99. The molecule has 0 aliphatic carbocycles. The number of nitrogens with zero attached hydrogens (tertiary/aromatic N) is 5. The lowest BCUT2D eigenvalue weighted by molar-refractivity contribution is -0.123. The Morgan fingerprint density at radius 1 is 1.62 bits per heavy atom. The van der Waals surface area contributed by atoms with Crippen molar-refractivity contribution in [3.63, 3.8) is 0 Å². The van der Waals surface area contributed by atoms with E-state index in [1.807, 2.05) is 6.92 Å². The molecule has 0 aliphatic rings. The number of hydrogen-bond acceptors (Lipinski definition) is 6. The number of anilines is 1. The van der Waals surface area contributed by atoms with E-state index >= 15 is 0 Å². The molecular weight excluding hydrogens is 279 g/mol. The van der Waals surface area contributed by atoms with E-state index in [-0.39, 0.29) is 11.8 Å². The number of halogens is 1. The molecule has 2 unspecified atom stereocenters. The molecule has 9 nitrogen and oxygen atoms in total. The minimum absolute atomic E-state index is 0.0920. The number of H-pyrrole nitrogens is 1. The standard InChI is InChI=1S/C11H21FN8O/c1-4-5-7(15-8(13)6-12)11(2,14)9(21)20(3)10-16-18-19-17-10/h7H,4-6,14H2,1-3H3,(H2,13,15)(H,16,17,18,19). The molecule has 1 aromatic rings. The lowest BCUT2D eigenvalue weighted by atomic mass is 9.89. The topological polar surface area (TPSA) is 139 Å². The van der Waals surface area contributed by atoms with E-state index in [1.165, 1.54) is 18.9 Å². The summed E-state index contributed by atoms with van der Waals surface area (Å²) in [5.41, 5.74) is 10.2. The summed E-state index contributed by atoms with van der Waals surface area (Å²) in [6, 6.07) is -0.639. The summed E-state index contributed by atoms with van der Waals surface area (Å²) in [7, 11) is 1.48. The predicted molar refractivity (Wildman–Crippen MR) is 76.5 cm³/mol. The summed E-state index contributed by atoms with van der Waals surface area (Å²) in [4.78, 5) is 17.7. The van der Waals surface area contributed by atoms with Gasteiger partial charge in [-0.1, -0.05) is 18.4 Å². The normalized spacial score (nSPS) is 16.3. The maximum absolute atomic E-state index is 12.5. The van der Waals surface area contributed by atoms with Crippen LogP contribution in [0, 0.1) is 0 Å². The van der Waals surface area contributed by atoms with Crippen molar-refractivity contribution >= 4 is 17.7 Å². The van der Waals surface area contributed by atoms with Crippen LogP contribution in [-0.4, -0.2) is 57.7 Å². The maximum atomic E-state index is 12.5. The first-order chi connectivity index (χ1) is 9.84. The Labute approximate surface area is 122 Å². The Morgan fingerprint density at radius 2 is 2.29 bits per heavy atom. The number of aliphatic imine (C=N–C) groups is 1. The third-order valence-corrected chi connectivity index (χ3v) is 3.11. The highest BCUT2D eigenvalue weighted by molar-refractivity contribution is 5.99. The highest BCUT2D eigenvalue weighted by Gasteiger charge is 2.40. The molecule has 1 amide bonds. The number of likely N-dealkylation sites (N-methyl/N-ethyl adjacent to an activating group) is 1. The number of rotatable bonds is 7. The van der Waals surface area contributed by atoms with E-state index in [0.717, 1.165) is 6.42 Å². The van der Waals surface area contributed by atoms with Crippen molar-refractivity contribution in [2.75, 3.05) is 18.6 Å². The molecular formula is C11H21FN8O. The maximum Gasteiger partial charge on any atom is 0.272 e. The average molecular weight is 300 g/mol. The van der Waals surface area contributed by atoms with Gasteiger partial charge in [0.25, 0.3) is 11.9 Å². The quantitative estimate of drug-likeness (QED) is 0.453. The molecule has 1 rings (SSSR count). The van der Waals surface area contributed by atoms with Crippen LogP contribution < -0.4 is 16.4 Å². The third-order valence-electron chi connectivity index (χ3n) is 3.11.